The standard InChI is InChI=1S/C16H32N4/c1-12(2)10-20-15(17-11-19-20)8-14(13(3)4)9-18-16(5,6)7/h11-14,18H,8-10H2,1-7H3. The highest BCUT2D eigenvalue weighted by Gasteiger charge is 2.20. The molecule has 4 nitrogen and oxygen atoms in total. The van der Waals surface area contributed by atoms with Crippen LogP contribution >= 0.6 is 0 Å². The van der Waals surface area contributed by atoms with Crippen molar-refractivity contribution in [3.05, 3.63) is 12.2 Å². The van der Waals surface area contributed by atoms with Gasteiger partial charge in [-0.3, -0.25) is 0 Å². The van der Waals surface area contributed by atoms with Crippen molar-refractivity contribution in [3.8, 4) is 0 Å². The molecule has 0 saturated carbocycles. The van der Waals surface area contributed by atoms with Crippen LogP contribution in [0.3, 0.4) is 0 Å². The van der Waals surface area contributed by atoms with Crippen molar-refractivity contribution in [2.24, 2.45) is 17.8 Å². The number of hydrogen-bond donors (Lipinski definition) is 1. The minimum Gasteiger partial charge on any atom is -0.312 e. The summed E-state index contributed by atoms with van der Waals surface area (Å²) in [4.78, 5) is 4.46. The highest BCUT2D eigenvalue weighted by atomic mass is 15.3. The third-order valence-corrected chi connectivity index (χ3v) is 3.52. The zero-order valence-corrected chi connectivity index (χ0v) is 14.3. The molecule has 0 aliphatic carbocycles. The van der Waals surface area contributed by atoms with Crippen molar-refractivity contribution < 1.29 is 0 Å². The lowest BCUT2D eigenvalue weighted by Gasteiger charge is -2.27. The maximum Gasteiger partial charge on any atom is 0.138 e. The minimum atomic E-state index is 0.165. The second-order valence-electron chi connectivity index (χ2n) is 7.59. The van der Waals surface area contributed by atoms with E-state index >= 15 is 0 Å². The highest BCUT2D eigenvalue weighted by Crippen LogP contribution is 2.17. The molecule has 116 valence electrons. The van der Waals surface area contributed by atoms with Crippen LogP contribution in [0.1, 0.15) is 54.3 Å². The highest BCUT2D eigenvalue weighted by molar-refractivity contribution is 4.90. The first-order chi connectivity index (χ1) is 9.19. The Bertz CT molecular complexity index is 387. The molecule has 1 rings (SSSR count). The topological polar surface area (TPSA) is 42.7 Å². The Morgan fingerprint density at radius 2 is 1.85 bits per heavy atom. The fraction of sp³-hybridized carbons (Fsp3) is 0.875. The number of rotatable bonds is 7. The molecule has 0 radical (unpaired) electrons. The molecule has 0 aliphatic heterocycles. The van der Waals surface area contributed by atoms with Gasteiger partial charge in [-0.1, -0.05) is 27.7 Å². The first-order valence-corrected chi connectivity index (χ1v) is 7.80. The molecule has 0 saturated heterocycles. The first-order valence-electron chi connectivity index (χ1n) is 7.80. The van der Waals surface area contributed by atoms with Crippen molar-refractivity contribution in [2.75, 3.05) is 6.54 Å². The third-order valence-electron chi connectivity index (χ3n) is 3.52. The normalized spacial score (nSPS) is 14.2. The summed E-state index contributed by atoms with van der Waals surface area (Å²) in [6.07, 6.45) is 2.68. The van der Waals surface area contributed by atoms with Gasteiger partial charge in [-0.25, -0.2) is 9.67 Å². The number of hydrogen-bond acceptors (Lipinski definition) is 3. The predicted molar refractivity (Wildman–Crippen MR) is 84.6 cm³/mol. The van der Waals surface area contributed by atoms with E-state index in [-0.39, 0.29) is 5.54 Å². The Labute approximate surface area is 124 Å². The Morgan fingerprint density at radius 1 is 1.20 bits per heavy atom. The van der Waals surface area contributed by atoms with E-state index in [2.05, 4.69) is 68.5 Å². The van der Waals surface area contributed by atoms with E-state index < -0.39 is 0 Å². The van der Waals surface area contributed by atoms with Gasteiger partial charge in [-0.2, -0.15) is 5.10 Å². The van der Waals surface area contributed by atoms with Gasteiger partial charge in [-0.05, 0) is 45.1 Å². The smallest absolute Gasteiger partial charge is 0.138 e. The fourth-order valence-corrected chi connectivity index (χ4v) is 2.16. The molecule has 4 heteroatoms. The van der Waals surface area contributed by atoms with E-state index in [0.717, 1.165) is 25.3 Å². The monoisotopic (exact) mass is 280 g/mol. The van der Waals surface area contributed by atoms with Crippen LogP contribution in [0.25, 0.3) is 0 Å². The van der Waals surface area contributed by atoms with E-state index in [0.29, 0.717) is 17.8 Å². The molecular formula is C16H32N4. The maximum atomic E-state index is 4.46. The average Bonchev–Trinajstić information content (AvgIpc) is 2.69. The largest absolute Gasteiger partial charge is 0.312 e. The van der Waals surface area contributed by atoms with Crippen molar-refractivity contribution in [2.45, 2.75) is 67.0 Å². The molecule has 1 atom stereocenters. The molecule has 0 fully saturated rings. The summed E-state index contributed by atoms with van der Waals surface area (Å²) in [6.45, 7) is 17.6. The molecule has 0 spiro atoms. The van der Waals surface area contributed by atoms with E-state index in [4.69, 9.17) is 0 Å². The number of aromatic nitrogens is 3. The number of nitrogens with one attached hydrogen (secondary N) is 1. The van der Waals surface area contributed by atoms with E-state index in [1.165, 1.54) is 0 Å². The second-order valence-corrected chi connectivity index (χ2v) is 7.59. The third kappa shape index (κ3) is 6.04. The molecule has 20 heavy (non-hydrogen) atoms. The van der Waals surface area contributed by atoms with Gasteiger partial charge in [0.15, 0.2) is 0 Å². The Morgan fingerprint density at radius 3 is 2.35 bits per heavy atom. The molecule has 0 aromatic carbocycles. The van der Waals surface area contributed by atoms with Crippen LogP contribution in [0.4, 0.5) is 0 Å². The van der Waals surface area contributed by atoms with Gasteiger partial charge in [0.25, 0.3) is 0 Å². The first kappa shape index (κ1) is 17.2. The zero-order chi connectivity index (χ0) is 15.3. The summed E-state index contributed by atoms with van der Waals surface area (Å²) >= 11 is 0. The lowest BCUT2D eigenvalue weighted by molar-refractivity contribution is 0.303. The molecule has 0 bridgehead atoms. The minimum absolute atomic E-state index is 0.165. The summed E-state index contributed by atoms with van der Waals surface area (Å²) in [5.74, 6) is 2.94. The average molecular weight is 280 g/mol. The van der Waals surface area contributed by atoms with Gasteiger partial charge < -0.3 is 5.32 Å². The van der Waals surface area contributed by atoms with Crippen LogP contribution in [-0.4, -0.2) is 26.8 Å². The molecular weight excluding hydrogens is 248 g/mol. The summed E-state index contributed by atoms with van der Waals surface area (Å²) < 4.78 is 2.07. The van der Waals surface area contributed by atoms with Crippen LogP contribution in [0, 0.1) is 17.8 Å². The van der Waals surface area contributed by atoms with Crippen LogP contribution in [0.15, 0.2) is 6.33 Å². The Hall–Kier alpha value is -0.900. The number of nitrogens with zero attached hydrogens (tertiary/aromatic N) is 3. The van der Waals surface area contributed by atoms with E-state index in [9.17, 15) is 0 Å². The van der Waals surface area contributed by atoms with Crippen molar-refractivity contribution in [1.82, 2.24) is 20.1 Å². The zero-order valence-electron chi connectivity index (χ0n) is 14.3. The lowest BCUT2D eigenvalue weighted by Crippen LogP contribution is -2.41. The maximum absolute atomic E-state index is 4.46. The van der Waals surface area contributed by atoms with Gasteiger partial charge in [0.05, 0.1) is 0 Å². The lowest BCUT2D eigenvalue weighted by atomic mass is 9.91. The van der Waals surface area contributed by atoms with Gasteiger partial charge in [0.2, 0.25) is 0 Å². The second kappa shape index (κ2) is 7.21. The summed E-state index contributed by atoms with van der Waals surface area (Å²) in [5.41, 5.74) is 0.165. The van der Waals surface area contributed by atoms with Gasteiger partial charge >= 0.3 is 0 Å². The molecule has 1 aromatic heterocycles. The van der Waals surface area contributed by atoms with Gasteiger partial charge in [-0.15, -0.1) is 0 Å². The van der Waals surface area contributed by atoms with Crippen LogP contribution in [0.5, 0.6) is 0 Å². The molecule has 1 unspecified atom stereocenters. The summed E-state index contributed by atoms with van der Waals surface area (Å²) in [6, 6.07) is 0. The van der Waals surface area contributed by atoms with Crippen molar-refractivity contribution in [3.63, 3.8) is 0 Å². The fourth-order valence-electron chi connectivity index (χ4n) is 2.16. The quantitative estimate of drug-likeness (QED) is 0.834. The summed E-state index contributed by atoms with van der Waals surface area (Å²) in [7, 11) is 0. The molecule has 1 heterocycles. The van der Waals surface area contributed by atoms with E-state index in [1.54, 1.807) is 6.33 Å². The Kier molecular flexibility index (Phi) is 6.18. The van der Waals surface area contributed by atoms with Crippen molar-refractivity contribution in [1.29, 1.82) is 0 Å². The molecule has 1 aromatic rings. The molecule has 0 aliphatic rings. The predicted octanol–water partition coefficient (Wildman–Crippen LogP) is 3.14. The van der Waals surface area contributed by atoms with Crippen LogP contribution in [-0.2, 0) is 13.0 Å². The molecule has 0 amide bonds. The van der Waals surface area contributed by atoms with Gasteiger partial charge in [0.1, 0.15) is 12.2 Å². The van der Waals surface area contributed by atoms with Crippen molar-refractivity contribution >= 4 is 0 Å². The Balaban J connectivity index is 2.68. The molecule has 1 N–H and O–H groups in total. The van der Waals surface area contributed by atoms with Gasteiger partial charge in [0, 0.05) is 18.5 Å². The van der Waals surface area contributed by atoms with Crippen LogP contribution < -0.4 is 5.32 Å². The van der Waals surface area contributed by atoms with E-state index in [1.807, 2.05) is 0 Å². The SMILES string of the molecule is CC(C)Cn1ncnc1CC(CNC(C)(C)C)C(C)C. The summed E-state index contributed by atoms with van der Waals surface area (Å²) in [5, 5.41) is 7.98. The van der Waals surface area contributed by atoms with Crippen LogP contribution in [0.2, 0.25) is 0 Å².